The molecular formula is C13H14ClNO. The minimum atomic E-state index is 0.123. The van der Waals surface area contributed by atoms with Crippen LogP contribution in [0.15, 0.2) is 30.9 Å². The Morgan fingerprint density at radius 2 is 2.31 bits per heavy atom. The maximum absolute atomic E-state index is 11.8. The summed E-state index contributed by atoms with van der Waals surface area (Å²) in [6.07, 6.45) is 2.37. The van der Waals surface area contributed by atoms with E-state index < -0.39 is 0 Å². The lowest BCUT2D eigenvalue weighted by molar-refractivity contribution is -0.117. The number of aryl methyl sites for hydroxylation is 1. The Morgan fingerprint density at radius 3 is 2.94 bits per heavy atom. The molecule has 84 valence electrons. The third-order valence-corrected chi connectivity index (χ3v) is 3.20. The lowest BCUT2D eigenvalue weighted by atomic mass is 10.1. The summed E-state index contributed by atoms with van der Waals surface area (Å²) in [7, 11) is 0. The number of halogens is 1. The van der Waals surface area contributed by atoms with E-state index in [1.807, 2.05) is 31.2 Å². The van der Waals surface area contributed by atoms with Gasteiger partial charge in [-0.15, -0.1) is 6.58 Å². The minimum absolute atomic E-state index is 0.123. The normalized spacial score (nSPS) is 20.2. The summed E-state index contributed by atoms with van der Waals surface area (Å²) in [5.41, 5.74) is 1.92. The number of carbonyl (C=O) groups is 1. The molecule has 1 aliphatic rings. The molecular weight excluding hydrogens is 222 g/mol. The fourth-order valence-corrected chi connectivity index (χ4v) is 2.18. The molecule has 0 aromatic heterocycles. The summed E-state index contributed by atoms with van der Waals surface area (Å²) in [6.45, 7) is 6.41. The molecule has 0 N–H and O–H groups in total. The molecule has 1 aliphatic heterocycles. The smallest absolute Gasteiger partial charge is 0.227 e. The van der Waals surface area contributed by atoms with Gasteiger partial charge in [0.1, 0.15) is 0 Å². The first-order chi connectivity index (χ1) is 7.61. The number of benzene rings is 1. The van der Waals surface area contributed by atoms with Gasteiger partial charge in [0.2, 0.25) is 5.91 Å². The van der Waals surface area contributed by atoms with Gasteiger partial charge < -0.3 is 4.90 Å². The Kier molecular flexibility index (Phi) is 3.01. The van der Waals surface area contributed by atoms with Crippen molar-refractivity contribution in [1.29, 1.82) is 0 Å². The third-order valence-electron chi connectivity index (χ3n) is 2.88. The summed E-state index contributed by atoms with van der Waals surface area (Å²) in [5, 5.41) is 0.628. The van der Waals surface area contributed by atoms with Gasteiger partial charge in [0.15, 0.2) is 0 Å². The van der Waals surface area contributed by atoms with Crippen LogP contribution in [0.5, 0.6) is 0 Å². The number of amides is 1. The van der Waals surface area contributed by atoms with Crippen molar-refractivity contribution in [2.24, 2.45) is 5.92 Å². The highest BCUT2D eigenvalue weighted by Gasteiger charge is 2.29. The molecule has 1 unspecified atom stereocenters. The highest BCUT2D eigenvalue weighted by Crippen LogP contribution is 2.32. The van der Waals surface area contributed by atoms with Crippen LogP contribution in [-0.4, -0.2) is 12.5 Å². The van der Waals surface area contributed by atoms with Crippen LogP contribution in [0.1, 0.15) is 12.0 Å². The van der Waals surface area contributed by atoms with Gasteiger partial charge in [-0.1, -0.05) is 23.7 Å². The summed E-state index contributed by atoms with van der Waals surface area (Å²) in [6, 6.07) is 5.73. The van der Waals surface area contributed by atoms with E-state index in [9.17, 15) is 4.79 Å². The zero-order valence-electron chi connectivity index (χ0n) is 9.24. The fourth-order valence-electron chi connectivity index (χ4n) is 1.96. The average Bonchev–Trinajstić information content (AvgIpc) is 2.63. The topological polar surface area (TPSA) is 20.3 Å². The summed E-state index contributed by atoms with van der Waals surface area (Å²) in [4.78, 5) is 13.6. The molecule has 16 heavy (non-hydrogen) atoms. The SMILES string of the molecule is C=CC1CC(=O)N(c2cc(C)ccc2Cl)C1. The van der Waals surface area contributed by atoms with Crippen LogP contribution in [0, 0.1) is 12.8 Å². The average molecular weight is 236 g/mol. The fraction of sp³-hybridized carbons (Fsp3) is 0.308. The van der Waals surface area contributed by atoms with E-state index in [0.717, 1.165) is 11.3 Å². The maximum atomic E-state index is 11.8. The van der Waals surface area contributed by atoms with E-state index >= 15 is 0 Å². The lowest BCUT2D eigenvalue weighted by Gasteiger charge is -2.18. The lowest BCUT2D eigenvalue weighted by Crippen LogP contribution is -2.24. The van der Waals surface area contributed by atoms with E-state index in [1.54, 1.807) is 4.90 Å². The molecule has 2 nitrogen and oxygen atoms in total. The van der Waals surface area contributed by atoms with Crippen molar-refractivity contribution in [3.8, 4) is 0 Å². The number of anilines is 1. The zero-order valence-corrected chi connectivity index (χ0v) is 10.00. The van der Waals surface area contributed by atoms with Crippen LogP contribution in [-0.2, 0) is 4.79 Å². The molecule has 0 bridgehead atoms. The molecule has 1 aromatic carbocycles. The van der Waals surface area contributed by atoms with Gasteiger partial charge in [-0.25, -0.2) is 0 Å². The maximum Gasteiger partial charge on any atom is 0.227 e. The molecule has 1 amide bonds. The van der Waals surface area contributed by atoms with E-state index in [-0.39, 0.29) is 11.8 Å². The number of rotatable bonds is 2. The molecule has 1 fully saturated rings. The highest BCUT2D eigenvalue weighted by molar-refractivity contribution is 6.33. The van der Waals surface area contributed by atoms with Gasteiger partial charge >= 0.3 is 0 Å². The van der Waals surface area contributed by atoms with Crippen molar-refractivity contribution in [3.63, 3.8) is 0 Å². The Balaban J connectivity index is 2.34. The molecule has 1 heterocycles. The van der Waals surface area contributed by atoms with Crippen LogP contribution in [0.3, 0.4) is 0 Å². The molecule has 0 aliphatic carbocycles. The Morgan fingerprint density at radius 1 is 1.56 bits per heavy atom. The zero-order chi connectivity index (χ0) is 11.7. The van der Waals surface area contributed by atoms with Crippen molar-refractivity contribution in [2.45, 2.75) is 13.3 Å². The third kappa shape index (κ3) is 1.98. The Labute approximate surface area is 101 Å². The van der Waals surface area contributed by atoms with E-state index in [2.05, 4.69) is 6.58 Å². The molecule has 1 aromatic rings. The van der Waals surface area contributed by atoms with Crippen molar-refractivity contribution >= 4 is 23.2 Å². The quantitative estimate of drug-likeness (QED) is 0.721. The summed E-state index contributed by atoms with van der Waals surface area (Å²) in [5.74, 6) is 0.362. The van der Waals surface area contributed by atoms with Crippen molar-refractivity contribution in [1.82, 2.24) is 0 Å². The molecule has 3 heteroatoms. The molecule has 2 rings (SSSR count). The molecule has 1 atom stereocenters. The number of carbonyl (C=O) groups excluding carboxylic acids is 1. The van der Waals surface area contributed by atoms with Crippen molar-refractivity contribution < 1.29 is 4.79 Å². The van der Waals surface area contributed by atoms with Gasteiger partial charge in [0, 0.05) is 18.9 Å². The standard InChI is InChI=1S/C13H14ClNO/c1-3-10-7-13(16)15(8-10)12-6-9(2)4-5-11(12)14/h3-6,10H,1,7-8H2,2H3. The molecule has 1 saturated heterocycles. The second-order valence-electron chi connectivity index (χ2n) is 4.16. The predicted molar refractivity (Wildman–Crippen MR) is 66.8 cm³/mol. The largest absolute Gasteiger partial charge is 0.310 e. The van der Waals surface area contributed by atoms with Gasteiger partial charge in [-0.2, -0.15) is 0 Å². The second kappa shape index (κ2) is 4.30. The van der Waals surface area contributed by atoms with Gasteiger partial charge in [0.05, 0.1) is 10.7 Å². The van der Waals surface area contributed by atoms with Crippen LogP contribution in [0.4, 0.5) is 5.69 Å². The van der Waals surface area contributed by atoms with E-state index in [4.69, 9.17) is 11.6 Å². The summed E-state index contributed by atoms with van der Waals surface area (Å²) < 4.78 is 0. The first-order valence-corrected chi connectivity index (χ1v) is 5.68. The van der Waals surface area contributed by atoms with Gasteiger partial charge in [0.25, 0.3) is 0 Å². The molecule has 0 saturated carbocycles. The monoisotopic (exact) mass is 235 g/mol. The number of hydrogen-bond acceptors (Lipinski definition) is 1. The number of hydrogen-bond donors (Lipinski definition) is 0. The molecule has 0 spiro atoms. The first kappa shape index (κ1) is 11.2. The minimum Gasteiger partial charge on any atom is -0.310 e. The van der Waals surface area contributed by atoms with Crippen molar-refractivity contribution in [2.75, 3.05) is 11.4 Å². The Hall–Kier alpha value is -1.28. The van der Waals surface area contributed by atoms with Crippen LogP contribution >= 0.6 is 11.6 Å². The number of nitrogens with zero attached hydrogens (tertiary/aromatic N) is 1. The Bertz CT molecular complexity index is 442. The van der Waals surface area contributed by atoms with Gasteiger partial charge in [-0.3, -0.25) is 4.79 Å². The van der Waals surface area contributed by atoms with Crippen LogP contribution in [0.25, 0.3) is 0 Å². The summed E-state index contributed by atoms with van der Waals surface area (Å²) >= 11 is 6.11. The van der Waals surface area contributed by atoms with E-state index in [0.29, 0.717) is 18.0 Å². The van der Waals surface area contributed by atoms with E-state index in [1.165, 1.54) is 0 Å². The van der Waals surface area contributed by atoms with Crippen molar-refractivity contribution in [3.05, 3.63) is 41.4 Å². The van der Waals surface area contributed by atoms with Crippen LogP contribution < -0.4 is 4.90 Å². The predicted octanol–water partition coefficient (Wildman–Crippen LogP) is 3.19. The van der Waals surface area contributed by atoms with Crippen LogP contribution in [0.2, 0.25) is 5.02 Å². The highest BCUT2D eigenvalue weighted by atomic mass is 35.5. The first-order valence-electron chi connectivity index (χ1n) is 5.31. The molecule has 0 radical (unpaired) electrons. The van der Waals surface area contributed by atoms with Gasteiger partial charge in [-0.05, 0) is 24.6 Å². The second-order valence-corrected chi connectivity index (χ2v) is 4.57.